The molecule has 1 aliphatic rings. The Kier molecular flexibility index (Phi) is 2.91. The van der Waals surface area contributed by atoms with Crippen LogP contribution < -0.4 is 10.1 Å². The van der Waals surface area contributed by atoms with Crippen molar-refractivity contribution in [2.75, 3.05) is 20.2 Å². The van der Waals surface area contributed by atoms with E-state index in [0.717, 1.165) is 36.0 Å². The second-order valence-electron chi connectivity index (χ2n) is 4.78. The molecule has 0 radical (unpaired) electrons. The third-order valence-corrected chi connectivity index (χ3v) is 3.53. The molecule has 0 saturated carbocycles. The number of hydrogen-bond acceptors (Lipinski definition) is 4. The first kappa shape index (κ1) is 11.5. The van der Waals surface area contributed by atoms with Crippen LogP contribution in [0.15, 0.2) is 12.1 Å². The zero-order valence-electron chi connectivity index (χ0n) is 10.8. The summed E-state index contributed by atoms with van der Waals surface area (Å²) in [5, 5.41) is 8.10. The minimum atomic E-state index is 0.496. The largest absolute Gasteiger partial charge is 0.480 e. The van der Waals surface area contributed by atoms with Gasteiger partial charge < -0.3 is 10.1 Å². The van der Waals surface area contributed by atoms with Crippen LogP contribution in [0.2, 0.25) is 0 Å². The number of nitrogens with one attached hydrogen (secondary N) is 1. The van der Waals surface area contributed by atoms with Crippen molar-refractivity contribution in [2.24, 2.45) is 0 Å². The van der Waals surface area contributed by atoms with Crippen LogP contribution in [-0.2, 0) is 0 Å². The van der Waals surface area contributed by atoms with Crippen molar-refractivity contribution < 1.29 is 4.74 Å². The smallest absolute Gasteiger partial charge is 0.238 e. The maximum atomic E-state index is 5.36. The fourth-order valence-electron chi connectivity index (χ4n) is 2.59. The molecule has 5 nitrogen and oxygen atoms in total. The van der Waals surface area contributed by atoms with Gasteiger partial charge in [-0.3, -0.25) is 0 Å². The Bertz CT molecular complexity index is 557. The van der Waals surface area contributed by atoms with Gasteiger partial charge in [0, 0.05) is 12.5 Å². The summed E-state index contributed by atoms with van der Waals surface area (Å²) in [4.78, 5) is 4.43. The van der Waals surface area contributed by atoms with Crippen molar-refractivity contribution in [3.63, 3.8) is 0 Å². The first-order chi connectivity index (χ1) is 8.79. The van der Waals surface area contributed by atoms with Gasteiger partial charge in [0.15, 0.2) is 5.65 Å². The van der Waals surface area contributed by atoms with Crippen LogP contribution in [0.3, 0.4) is 0 Å². The van der Waals surface area contributed by atoms with Crippen LogP contribution in [0.25, 0.3) is 5.65 Å². The number of nitrogens with zero attached hydrogens (tertiary/aromatic N) is 3. The number of methoxy groups -OCH3 is 1. The maximum Gasteiger partial charge on any atom is 0.238 e. The molecule has 1 aliphatic heterocycles. The van der Waals surface area contributed by atoms with Gasteiger partial charge in [-0.05, 0) is 38.4 Å². The Labute approximate surface area is 106 Å². The van der Waals surface area contributed by atoms with Gasteiger partial charge in [-0.2, -0.15) is 9.61 Å². The first-order valence-electron chi connectivity index (χ1n) is 6.40. The zero-order valence-corrected chi connectivity index (χ0v) is 10.8. The van der Waals surface area contributed by atoms with Crippen LogP contribution in [0.5, 0.6) is 5.88 Å². The minimum Gasteiger partial charge on any atom is -0.480 e. The average Bonchev–Trinajstić information content (AvgIpc) is 2.74. The molecule has 1 saturated heterocycles. The summed E-state index contributed by atoms with van der Waals surface area (Å²) in [5.41, 5.74) is 2.84. The molecule has 0 bridgehead atoms. The molecule has 18 heavy (non-hydrogen) atoms. The van der Waals surface area contributed by atoms with Gasteiger partial charge in [-0.15, -0.1) is 0 Å². The summed E-state index contributed by atoms with van der Waals surface area (Å²) >= 11 is 0. The molecule has 5 heteroatoms. The Hall–Kier alpha value is -1.62. The average molecular weight is 246 g/mol. The van der Waals surface area contributed by atoms with E-state index in [1.807, 2.05) is 13.0 Å². The summed E-state index contributed by atoms with van der Waals surface area (Å²) in [6.07, 6.45) is 2.41. The van der Waals surface area contributed by atoms with Crippen LogP contribution in [0.1, 0.15) is 30.1 Å². The highest BCUT2D eigenvalue weighted by atomic mass is 16.5. The van der Waals surface area contributed by atoms with Crippen molar-refractivity contribution in [3.8, 4) is 5.88 Å². The zero-order chi connectivity index (χ0) is 12.5. The lowest BCUT2D eigenvalue weighted by Gasteiger charge is -2.22. The number of piperidine rings is 1. The molecule has 2 aromatic rings. The lowest BCUT2D eigenvalue weighted by Crippen LogP contribution is -2.29. The molecule has 0 amide bonds. The summed E-state index contributed by atoms with van der Waals surface area (Å²) in [7, 11) is 1.66. The van der Waals surface area contributed by atoms with E-state index in [2.05, 4.69) is 21.5 Å². The van der Waals surface area contributed by atoms with E-state index in [0.29, 0.717) is 5.92 Å². The van der Waals surface area contributed by atoms with Gasteiger partial charge in [-0.25, -0.2) is 4.98 Å². The molecule has 3 rings (SSSR count). The minimum absolute atomic E-state index is 0.496. The van der Waals surface area contributed by atoms with Crippen LogP contribution in [0.4, 0.5) is 0 Å². The Morgan fingerprint density at radius 3 is 3.06 bits per heavy atom. The van der Waals surface area contributed by atoms with E-state index in [1.54, 1.807) is 11.6 Å². The fraction of sp³-hybridized carbons (Fsp3) is 0.538. The number of imidazole rings is 1. The van der Waals surface area contributed by atoms with Crippen molar-refractivity contribution in [3.05, 3.63) is 23.5 Å². The number of aromatic nitrogens is 3. The number of fused-ring (bicyclic) bond motifs is 1. The molecule has 1 N–H and O–H groups in total. The molecule has 1 atom stereocenters. The van der Waals surface area contributed by atoms with Gasteiger partial charge in [0.1, 0.15) is 5.69 Å². The molecule has 0 spiro atoms. The predicted octanol–water partition coefficient (Wildman–Crippen LogP) is 1.51. The standard InChI is InChI=1S/C13H18N4O/c1-9-13(18-2)17-12(15-9)6-5-11(16-17)10-4-3-7-14-8-10/h5-6,10,14H,3-4,7-8H2,1-2H3. The Morgan fingerprint density at radius 1 is 1.44 bits per heavy atom. The van der Waals surface area contributed by atoms with Crippen molar-refractivity contribution in [1.29, 1.82) is 0 Å². The van der Waals surface area contributed by atoms with Crippen LogP contribution in [0, 0.1) is 6.92 Å². The summed E-state index contributed by atoms with van der Waals surface area (Å²) in [6.45, 7) is 4.07. The van der Waals surface area contributed by atoms with E-state index >= 15 is 0 Å². The summed E-state index contributed by atoms with van der Waals surface area (Å²) in [5.74, 6) is 1.23. The van der Waals surface area contributed by atoms with E-state index < -0.39 is 0 Å². The molecule has 1 fully saturated rings. The van der Waals surface area contributed by atoms with Crippen LogP contribution >= 0.6 is 0 Å². The lowest BCUT2D eigenvalue weighted by molar-refractivity contribution is 0.381. The highest BCUT2D eigenvalue weighted by Gasteiger charge is 2.18. The fourth-order valence-corrected chi connectivity index (χ4v) is 2.59. The highest BCUT2D eigenvalue weighted by Crippen LogP contribution is 2.24. The Morgan fingerprint density at radius 2 is 2.33 bits per heavy atom. The highest BCUT2D eigenvalue weighted by molar-refractivity contribution is 5.44. The van der Waals surface area contributed by atoms with Crippen molar-refractivity contribution in [2.45, 2.75) is 25.7 Å². The van der Waals surface area contributed by atoms with Gasteiger partial charge in [0.25, 0.3) is 0 Å². The van der Waals surface area contributed by atoms with Crippen LogP contribution in [-0.4, -0.2) is 34.8 Å². The first-order valence-corrected chi connectivity index (χ1v) is 6.40. The summed E-state index contributed by atoms with van der Waals surface area (Å²) in [6, 6.07) is 4.10. The number of aryl methyl sites for hydroxylation is 1. The second-order valence-corrected chi connectivity index (χ2v) is 4.78. The number of rotatable bonds is 2. The molecule has 96 valence electrons. The predicted molar refractivity (Wildman–Crippen MR) is 69.1 cm³/mol. The van der Waals surface area contributed by atoms with E-state index in [1.165, 1.54) is 12.8 Å². The SMILES string of the molecule is COc1c(C)nc2ccc(C3CCCNC3)nn12. The normalized spacial score (nSPS) is 20.2. The number of ether oxygens (including phenoxy) is 1. The molecular weight excluding hydrogens is 228 g/mol. The van der Waals surface area contributed by atoms with E-state index in [4.69, 9.17) is 4.74 Å². The molecule has 1 unspecified atom stereocenters. The quantitative estimate of drug-likeness (QED) is 0.872. The van der Waals surface area contributed by atoms with Crippen molar-refractivity contribution >= 4 is 5.65 Å². The summed E-state index contributed by atoms with van der Waals surface area (Å²) < 4.78 is 7.17. The second kappa shape index (κ2) is 4.57. The molecule has 3 heterocycles. The monoisotopic (exact) mass is 246 g/mol. The van der Waals surface area contributed by atoms with Gasteiger partial charge in [-0.1, -0.05) is 0 Å². The van der Waals surface area contributed by atoms with Crippen molar-refractivity contribution in [1.82, 2.24) is 19.9 Å². The molecular formula is C13H18N4O. The molecule has 2 aromatic heterocycles. The maximum absolute atomic E-state index is 5.36. The lowest BCUT2D eigenvalue weighted by atomic mass is 9.96. The Balaban J connectivity index is 2.03. The van der Waals surface area contributed by atoms with E-state index in [9.17, 15) is 0 Å². The number of hydrogen-bond donors (Lipinski definition) is 1. The van der Waals surface area contributed by atoms with Gasteiger partial charge in [0.05, 0.1) is 12.8 Å². The van der Waals surface area contributed by atoms with E-state index in [-0.39, 0.29) is 0 Å². The third kappa shape index (κ3) is 1.84. The molecule has 0 aliphatic carbocycles. The van der Waals surface area contributed by atoms with Gasteiger partial charge >= 0.3 is 0 Å². The molecule has 0 aromatic carbocycles. The van der Waals surface area contributed by atoms with Gasteiger partial charge in [0.2, 0.25) is 5.88 Å². The topological polar surface area (TPSA) is 51.5 Å². The third-order valence-electron chi connectivity index (χ3n) is 3.53.